The van der Waals surface area contributed by atoms with Crippen molar-refractivity contribution in [2.75, 3.05) is 19.8 Å². The Bertz CT molecular complexity index is 901. The van der Waals surface area contributed by atoms with E-state index in [9.17, 15) is 19.5 Å². The number of amides is 2. The summed E-state index contributed by atoms with van der Waals surface area (Å²) in [5.41, 5.74) is -0.492. The molecule has 0 radical (unpaired) electrons. The van der Waals surface area contributed by atoms with E-state index in [1.54, 1.807) is 33.7 Å². The Balaban J connectivity index is 2.15. The van der Waals surface area contributed by atoms with Gasteiger partial charge in [-0.2, -0.15) is 0 Å². The van der Waals surface area contributed by atoms with Gasteiger partial charge in [-0.05, 0) is 52.9 Å². The molecular formula is C28H44N2O5S. The van der Waals surface area contributed by atoms with E-state index in [1.165, 1.54) is 0 Å². The van der Waals surface area contributed by atoms with Crippen molar-refractivity contribution in [1.29, 1.82) is 0 Å². The molecule has 3 heterocycles. The van der Waals surface area contributed by atoms with Crippen LogP contribution in [0.2, 0.25) is 0 Å². The smallest absolute Gasteiger partial charge is 0.311 e. The van der Waals surface area contributed by atoms with Crippen LogP contribution < -0.4 is 0 Å². The molecule has 1 N–H and O–H groups in total. The highest BCUT2D eigenvalue weighted by atomic mass is 32.2. The fourth-order valence-corrected chi connectivity index (χ4v) is 8.80. The van der Waals surface area contributed by atoms with E-state index in [-0.39, 0.29) is 36.9 Å². The largest absolute Gasteiger partial charge is 0.465 e. The van der Waals surface area contributed by atoms with Gasteiger partial charge >= 0.3 is 5.97 Å². The van der Waals surface area contributed by atoms with Gasteiger partial charge in [0.05, 0.1) is 35.8 Å². The van der Waals surface area contributed by atoms with Gasteiger partial charge in [-0.15, -0.1) is 24.9 Å². The van der Waals surface area contributed by atoms with E-state index in [2.05, 4.69) is 13.2 Å². The summed E-state index contributed by atoms with van der Waals surface area (Å²) in [7, 11) is 0. The minimum absolute atomic E-state index is 0.0113. The van der Waals surface area contributed by atoms with Gasteiger partial charge in [0.1, 0.15) is 6.04 Å². The predicted octanol–water partition coefficient (Wildman–Crippen LogP) is 3.81. The fourth-order valence-electron chi connectivity index (χ4n) is 6.48. The van der Waals surface area contributed by atoms with Crippen molar-refractivity contribution in [2.45, 2.75) is 94.3 Å². The first-order valence-corrected chi connectivity index (χ1v) is 14.0. The lowest BCUT2D eigenvalue weighted by Crippen LogP contribution is -2.61. The zero-order chi connectivity index (χ0) is 27.1. The molecule has 0 aromatic heterocycles. The van der Waals surface area contributed by atoms with E-state index in [0.29, 0.717) is 19.4 Å². The van der Waals surface area contributed by atoms with E-state index in [0.717, 1.165) is 12.8 Å². The number of rotatable bonds is 11. The van der Waals surface area contributed by atoms with Crippen molar-refractivity contribution in [3.05, 3.63) is 25.3 Å². The number of likely N-dealkylation sites (tertiary alicyclic amines) is 1. The minimum Gasteiger partial charge on any atom is -0.465 e. The number of esters is 1. The predicted molar refractivity (Wildman–Crippen MR) is 143 cm³/mol. The molecule has 3 rings (SSSR count). The highest BCUT2D eigenvalue weighted by Gasteiger charge is 2.78. The lowest BCUT2D eigenvalue weighted by atomic mass is 9.66. The molecule has 3 fully saturated rings. The van der Waals surface area contributed by atoms with Crippen molar-refractivity contribution in [3.8, 4) is 0 Å². The Labute approximate surface area is 220 Å². The molecule has 0 saturated carbocycles. The lowest BCUT2D eigenvalue weighted by Gasteiger charge is -2.44. The molecule has 36 heavy (non-hydrogen) atoms. The molecule has 3 saturated heterocycles. The van der Waals surface area contributed by atoms with Crippen LogP contribution in [0.1, 0.15) is 67.2 Å². The number of aliphatic hydroxyl groups is 1. The van der Waals surface area contributed by atoms with Crippen molar-refractivity contribution in [3.63, 3.8) is 0 Å². The second-order valence-electron chi connectivity index (χ2n) is 11.8. The summed E-state index contributed by atoms with van der Waals surface area (Å²) in [6.45, 7) is 19.9. The summed E-state index contributed by atoms with van der Waals surface area (Å²) in [5.74, 6) is -2.02. The summed E-state index contributed by atoms with van der Waals surface area (Å²) in [6, 6.07) is -1.27. The second kappa shape index (κ2) is 10.5. The number of hydrogen-bond acceptors (Lipinski definition) is 6. The molecule has 2 bridgehead atoms. The average Bonchev–Trinajstić information content (AvgIpc) is 3.38. The summed E-state index contributed by atoms with van der Waals surface area (Å²) in [6.07, 6.45) is 6.09. The standard InChI is InChI=1S/C28H44N2O5S/c1-9-12-16-35-25(34)21-20-23(32)30(19(17-31)18(4)11-3)22(28(20)14-13-27(21,8)36-28)24(33)29(15-10-2)26(5,6)7/h9-10,18-22,31H,1-2,11-17H2,3-8H3/t18-,19-,20-,21+,22?,27-,28?/m0/s1. The monoisotopic (exact) mass is 520 g/mol. The Morgan fingerprint density at radius 3 is 2.50 bits per heavy atom. The summed E-state index contributed by atoms with van der Waals surface area (Å²) < 4.78 is 4.39. The summed E-state index contributed by atoms with van der Waals surface area (Å²) in [4.78, 5) is 45.6. The van der Waals surface area contributed by atoms with Crippen molar-refractivity contribution >= 4 is 29.5 Å². The quantitative estimate of drug-likeness (QED) is 0.253. The maximum atomic E-state index is 14.4. The zero-order valence-corrected chi connectivity index (χ0v) is 23.6. The maximum Gasteiger partial charge on any atom is 0.311 e. The number of aliphatic hydroxyl groups excluding tert-OH is 1. The number of carbonyl (C=O) groups excluding carboxylic acids is 3. The van der Waals surface area contributed by atoms with E-state index >= 15 is 0 Å². The molecule has 0 aromatic rings. The van der Waals surface area contributed by atoms with Gasteiger partial charge in [-0.25, -0.2) is 0 Å². The third kappa shape index (κ3) is 4.53. The van der Waals surface area contributed by atoms with Gasteiger partial charge in [0, 0.05) is 16.8 Å². The van der Waals surface area contributed by atoms with Gasteiger partial charge in [0.25, 0.3) is 0 Å². The number of hydrogen-bond donors (Lipinski definition) is 1. The molecule has 1 spiro atoms. The van der Waals surface area contributed by atoms with Crippen LogP contribution >= 0.6 is 11.8 Å². The first-order chi connectivity index (χ1) is 16.8. The third-order valence-corrected chi connectivity index (χ3v) is 10.5. The van der Waals surface area contributed by atoms with Crippen molar-refractivity contribution in [2.24, 2.45) is 17.8 Å². The van der Waals surface area contributed by atoms with Gasteiger partial charge in [-0.1, -0.05) is 32.4 Å². The molecule has 7 nitrogen and oxygen atoms in total. The van der Waals surface area contributed by atoms with E-state index < -0.39 is 39.0 Å². The van der Waals surface area contributed by atoms with Gasteiger partial charge in [0.15, 0.2) is 0 Å². The Hall–Kier alpha value is -1.80. The number of nitrogens with zero attached hydrogens (tertiary/aromatic N) is 2. The fraction of sp³-hybridized carbons (Fsp3) is 0.750. The van der Waals surface area contributed by atoms with Crippen LogP contribution in [0, 0.1) is 17.8 Å². The van der Waals surface area contributed by atoms with Crippen LogP contribution in [0.15, 0.2) is 25.3 Å². The molecule has 2 unspecified atom stereocenters. The third-order valence-electron chi connectivity index (χ3n) is 8.50. The highest BCUT2D eigenvalue weighted by molar-refractivity contribution is 8.02. The molecular weight excluding hydrogens is 476 g/mol. The molecule has 0 aromatic carbocycles. The lowest BCUT2D eigenvalue weighted by molar-refractivity contribution is -0.156. The number of ether oxygens (including phenoxy) is 1. The van der Waals surface area contributed by atoms with E-state index in [1.807, 2.05) is 41.5 Å². The van der Waals surface area contributed by atoms with Gasteiger partial charge in [-0.3, -0.25) is 14.4 Å². The first kappa shape index (κ1) is 28.8. The minimum atomic E-state index is -0.766. The van der Waals surface area contributed by atoms with Crippen LogP contribution in [-0.2, 0) is 19.1 Å². The second-order valence-corrected chi connectivity index (χ2v) is 13.7. The number of fused-ring (bicyclic) bond motifs is 1. The number of thioether (sulfide) groups is 1. The SMILES string of the molecule is C=CCCOC(=O)[C@H]1[C@H]2C(=O)N([C@@H](CO)[C@@H](C)CC)C(C(=O)N(CC=C)C(C)(C)C)C23CC[C@]1(C)S3. The van der Waals surface area contributed by atoms with E-state index in [4.69, 9.17) is 4.74 Å². The normalized spacial score (nSPS) is 32.7. The maximum absolute atomic E-state index is 14.4. The molecule has 2 amide bonds. The Morgan fingerprint density at radius 2 is 1.97 bits per heavy atom. The van der Waals surface area contributed by atoms with Crippen LogP contribution in [0.25, 0.3) is 0 Å². The summed E-state index contributed by atoms with van der Waals surface area (Å²) >= 11 is 1.63. The van der Waals surface area contributed by atoms with Crippen LogP contribution in [0.5, 0.6) is 0 Å². The van der Waals surface area contributed by atoms with Crippen molar-refractivity contribution < 1.29 is 24.2 Å². The number of carbonyl (C=O) groups is 3. The zero-order valence-electron chi connectivity index (χ0n) is 22.8. The molecule has 3 aliphatic heterocycles. The van der Waals surface area contributed by atoms with Crippen LogP contribution in [-0.4, -0.2) is 79.6 Å². The van der Waals surface area contributed by atoms with Crippen LogP contribution in [0.4, 0.5) is 0 Å². The Morgan fingerprint density at radius 1 is 1.31 bits per heavy atom. The molecule has 7 atom stereocenters. The Kier molecular flexibility index (Phi) is 8.41. The first-order valence-electron chi connectivity index (χ1n) is 13.2. The highest BCUT2D eigenvalue weighted by Crippen LogP contribution is 2.72. The molecule has 3 aliphatic rings. The average molecular weight is 521 g/mol. The van der Waals surface area contributed by atoms with Crippen LogP contribution in [0.3, 0.4) is 0 Å². The van der Waals surface area contributed by atoms with Gasteiger partial charge in [0.2, 0.25) is 11.8 Å². The van der Waals surface area contributed by atoms with Gasteiger partial charge < -0.3 is 19.6 Å². The van der Waals surface area contributed by atoms with Crippen molar-refractivity contribution in [1.82, 2.24) is 9.80 Å². The topological polar surface area (TPSA) is 87.1 Å². The molecule has 8 heteroatoms. The molecule has 0 aliphatic carbocycles. The molecule has 202 valence electrons. The summed E-state index contributed by atoms with van der Waals surface area (Å²) in [5, 5.41) is 10.5.